The van der Waals surface area contributed by atoms with Gasteiger partial charge in [0.1, 0.15) is 0 Å². The molecule has 0 amide bonds. The molecule has 0 heterocycles. The van der Waals surface area contributed by atoms with Crippen molar-refractivity contribution in [1.29, 1.82) is 0 Å². The Balaban J connectivity index is -0.000000320. The molecular formula is C6H18Cl2N2O. The van der Waals surface area contributed by atoms with Crippen molar-refractivity contribution in [1.82, 2.24) is 0 Å². The molecule has 0 aliphatic rings. The van der Waals surface area contributed by atoms with E-state index in [4.69, 9.17) is 16.2 Å². The molecule has 72 valence electrons. The fourth-order valence-electron chi connectivity index (χ4n) is 0.592. The van der Waals surface area contributed by atoms with Gasteiger partial charge in [-0.3, -0.25) is 0 Å². The number of nitrogens with two attached hydrogens (primary N) is 2. The molecule has 0 bridgehead atoms. The molecule has 0 aromatic heterocycles. The van der Waals surface area contributed by atoms with Crippen LogP contribution in [0.15, 0.2) is 0 Å². The predicted octanol–water partition coefficient (Wildman–Crippen LogP) is 0.541. The van der Waals surface area contributed by atoms with Gasteiger partial charge in [-0.25, -0.2) is 0 Å². The molecule has 0 saturated heterocycles. The molecule has 0 spiro atoms. The number of rotatable bonds is 4. The van der Waals surface area contributed by atoms with Crippen molar-refractivity contribution in [3.05, 3.63) is 0 Å². The highest BCUT2D eigenvalue weighted by molar-refractivity contribution is 5.85. The second-order valence-electron chi connectivity index (χ2n) is 2.28. The lowest BCUT2D eigenvalue weighted by Gasteiger charge is -2.15. The summed E-state index contributed by atoms with van der Waals surface area (Å²) in [5.74, 6) is 0. The highest BCUT2D eigenvalue weighted by atomic mass is 35.5. The SMILES string of the molecule is CC(C)OC(CN)CN.Cl.Cl. The molecule has 0 atom stereocenters. The van der Waals surface area contributed by atoms with Gasteiger partial charge in [0.25, 0.3) is 0 Å². The van der Waals surface area contributed by atoms with E-state index in [0.717, 1.165) is 0 Å². The molecule has 0 radical (unpaired) electrons. The highest BCUT2D eigenvalue weighted by Crippen LogP contribution is 1.93. The summed E-state index contributed by atoms with van der Waals surface area (Å²) in [7, 11) is 0. The van der Waals surface area contributed by atoms with Crippen molar-refractivity contribution in [2.45, 2.75) is 26.1 Å². The fraction of sp³-hybridized carbons (Fsp3) is 1.00. The van der Waals surface area contributed by atoms with Crippen LogP contribution < -0.4 is 11.5 Å². The molecule has 5 heteroatoms. The molecule has 0 aromatic rings. The zero-order valence-corrected chi connectivity index (χ0v) is 8.58. The Morgan fingerprint density at radius 3 is 1.55 bits per heavy atom. The topological polar surface area (TPSA) is 61.3 Å². The first-order valence-electron chi connectivity index (χ1n) is 3.26. The monoisotopic (exact) mass is 204 g/mol. The Bertz CT molecular complexity index is 69.6. The first kappa shape index (κ1) is 17.5. The molecule has 11 heavy (non-hydrogen) atoms. The lowest BCUT2D eigenvalue weighted by Crippen LogP contribution is -2.33. The van der Waals surface area contributed by atoms with Gasteiger partial charge in [0.2, 0.25) is 0 Å². The van der Waals surface area contributed by atoms with Crippen LogP contribution in [0.4, 0.5) is 0 Å². The van der Waals surface area contributed by atoms with Crippen LogP contribution in [0, 0.1) is 0 Å². The van der Waals surface area contributed by atoms with Crippen molar-refractivity contribution >= 4 is 24.8 Å². The van der Waals surface area contributed by atoms with Crippen LogP contribution in [0.5, 0.6) is 0 Å². The average Bonchev–Trinajstić information content (AvgIpc) is 1.82. The summed E-state index contributed by atoms with van der Waals surface area (Å²) in [6.45, 7) is 4.96. The van der Waals surface area contributed by atoms with Crippen LogP contribution in [-0.4, -0.2) is 25.3 Å². The molecule has 0 fully saturated rings. The van der Waals surface area contributed by atoms with Gasteiger partial charge in [-0.1, -0.05) is 0 Å². The van der Waals surface area contributed by atoms with Gasteiger partial charge in [0, 0.05) is 13.1 Å². The molecule has 4 N–H and O–H groups in total. The smallest absolute Gasteiger partial charge is 0.0822 e. The van der Waals surface area contributed by atoms with E-state index in [1.54, 1.807) is 0 Å². The van der Waals surface area contributed by atoms with Gasteiger partial charge >= 0.3 is 0 Å². The minimum atomic E-state index is 0. The fourth-order valence-corrected chi connectivity index (χ4v) is 0.592. The Morgan fingerprint density at radius 2 is 1.45 bits per heavy atom. The van der Waals surface area contributed by atoms with Gasteiger partial charge in [0.15, 0.2) is 0 Å². The van der Waals surface area contributed by atoms with E-state index < -0.39 is 0 Å². The van der Waals surface area contributed by atoms with Gasteiger partial charge in [0.05, 0.1) is 12.2 Å². The minimum absolute atomic E-state index is 0. The summed E-state index contributed by atoms with van der Waals surface area (Å²) in [4.78, 5) is 0. The maximum atomic E-state index is 5.33. The van der Waals surface area contributed by atoms with Gasteiger partial charge in [-0.2, -0.15) is 0 Å². The van der Waals surface area contributed by atoms with E-state index in [1.807, 2.05) is 13.8 Å². The Hall–Kier alpha value is 0.460. The third kappa shape index (κ3) is 10.5. The lowest BCUT2D eigenvalue weighted by molar-refractivity contribution is 0.0186. The number of hydrogen-bond donors (Lipinski definition) is 2. The maximum Gasteiger partial charge on any atom is 0.0822 e. The third-order valence-electron chi connectivity index (χ3n) is 0.990. The highest BCUT2D eigenvalue weighted by Gasteiger charge is 2.04. The molecule has 3 nitrogen and oxygen atoms in total. The quantitative estimate of drug-likeness (QED) is 0.704. The Kier molecular flexibility index (Phi) is 16.7. The van der Waals surface area contributed by atoms with Crippen molar-refractivity contribution in [3.63, 3.8) is 0 Å². The molecular weight excluding hydrogens is 187 g/mol. The Labute approximate surface area is 80.7 Å². The van der Waals surface area contributed by atoms with Crippen LogP contribution in [0.25, 0.3) is 0 Å². The molecule has 0 saturated carbocycles. The van der Waals surface area contributed by atoms with Crippen molar-refractivity contribution in [3.8, 4) is 0 Å². The van der Waals surface area contributed by atoms with Crippen LogP contribution in [0.2, 0.25) is 0 Å². The van der Waals surface area contributed by atoms with Gasteiger partial charge < -0.3 is 16.2 Å². The van der Waals surface area contributed by atoms with E-state index in [9.17, 15) is 0 Å². The summed E-state index contributed by atoms with van der Waals surface area (Å²) >= 11 is 0. The van der Waals surface area contributed by atoms with Crippen LogP contribution in [0.3, 0.4) is 0 Å². The number of hydrogen-bond acceptors (Lipinski definition) is 3. The van der Waals surface area contributed by atoms with Crippen molar-refractivity contribution in [2.75, 3.05) is 13.1 Å². The van der Waals surface area contributed by atoms with Crippen LogP contribution >= 0.6 is 24.8 Å². The average molecular weight is 205 g/mol. The second-order valence-corrected chi connectivity index (χ2v) is 2.28. The van der Waals surface area contributed by atoms with Gasteiger partial charge in [-0.05, 0) is 13.8 Å². The number of halogens is 2. The largest absolute Gasteiger partial charge is 0.373 e. The normalized spacial score (nSPS) is 9.27. The molecule has 0 aliphatic heterocycles. The van der Waals surface area contributed by atoms with E-state index in [0.29, 0.717) is 13.1 Å². The van der Waals surface area contributed by atoms with E-state index in [1.165, 1.54) is 0 Å². The standard InChI is InChI=1S/C6H16N2O.2ClH/c1-5(2)9-6(3-7)4-8;;/h5-6H,3-4,7-8H2,1-2H3;2*1H. The van der Waals surface area contributed by atoms with Crippen molar-refractivity contribution in [2.24, 2.45) is 11.5 Å². The summed E-state index contributed by atoms with van der Waals surface area (Å²) in [6, 6.07) is 0. The first-order valence-corrected chi connectivity index (χ1v) is 3.26. The van der Waals surface area contributed by atoms with E-state index >= 15 is 0 Å². The van der Waals surface area contributed by atoms with Crippen LogP contribution in [-0.2, 0) is 4.74 Å². The molecule has 0 unspecified atom stereocenters. The molecule has 0 aliphatic carbocycles. The van der Waals surface area contributed by atoms with Crippen molar-refractivity contribution < 1.29 is 4.74 Å². The van der Waals surface area contributed by atoms with E-state index in [-0.39, 0.29) is 37.0 Å². The van der Waals surface area contributed by atoms with Crippen LogP contribution in [0.1, 0.15) is 13.8 Å². The summed E-state index contributed by atoms with van der Waals surface area (Å²) in [5.41, 5.74) is 10.7. The third-order valence-corrected chi connectivity index (χ3v) is 0.990. The zero-order valence-electron chi connectivity index (χ0n) is 6.95. The molecule has 0 rings (SSSR count). The number of ether oxygens (including phenoxy) is 1. The summed E-state index contributed by atoms with van der Waals surface area (Å²) < 4.78 is 5.30. The summed E-state index contributed by atoms with van der Waals surface area (Å²) in [5, 5.41) is 0. The summed E-state index contributed by atoms with van der Waals surface area (Å²) in [6.07, 6.45) is 0.257. The first-order chi connectivity index (χ1) is 4.20. The minimum Gasteiger partial charge on any atom is -0.373 e. The Morgan fingerprint density at radius 1 is 1.09 bits per heavy atom. The maximum absolute atomic E-state index is 5.33. The zero-order chi connectivity index (χ0) is 7.28. The van der Waals surface area contributed by atoms with Gasteiger partial charge in [-0.15, -0.1) is 24.8 Å². The predicted molar refractivity (Wildman–Crippen MR) is 52.6 cm³/mol. The molecule has 0 aromatic carbocycles. The second kappa shape index (κ2) is 10.5. The lowest BCUT2D eigenvalue weighted by atomic mass is 10.3. The van der Waals surface area contributed by atoms with E-state index in [2.05, 4.69) is 0 Å².